The number of nitrogens with one attached hydrogen (secondary N) is 2. The molecule has 3 aliphatic rings. The predicted molar refractivity (Wildman–Crippen MR) is 233 cm³/mol. The minimum absolute atomic E-state index is 0.0810. The number of benzene rings is 3. The quantitative estimate of drug-likeness (QED) is 0.111. The molecule has 0 spiro atoms. The van der Waals surface area contributed by atoms with E-state index in [0.29, 0.717) is 48.0 Å². The minimum Gasteiger partial charge on any atom is -0.356 e. The maximum absolute atomic E-state index is 15.1. The Morgan fingerprint density at radius 3 is 2.30 bits per heavy atom. The van der Waals surface area contributed by atoms with Gasteiger partial charge in [-0.05, 0) is 104 Å². The number of hydrogen-bond donors (Lipinski definition) is 2. The van der Waals surface area contributed by atoms with E-state index in [1.54, 1.807) is 47.9 Å². The van der Waals surface area contributed by atoms with Crippen LogP contribution in [0.5, 0.6) is 0 Å². The lowest BCUT2D eigenvalue weighted by Gasteiger charge is -2.53. The zero-order valence-corrected chi connectivity index (χ0v) is 37.3. The first-order valence-electron chi connectivity index (χ1n) is 21.0. The topological polar surface area (TPSA) is 150 Å². The fourth-order valence-corrected chi connectivity index (χ4v) is 10.8. The van der Waals surface area contributed by atoms with Crippen LogP contribution in [0.2, 0.25) is 10.0 Å². The summed E-state index contributed by atoms with van der Waals surface area (Å²) >= 11 is 12.9. The number of aryl methyl sites for hydroxylation is 1. The molecule has 3 heterocycles. The smallest absolute Gasteiger partial charge is 0.255 e. The van der Waals surface area contributed by atoms with Gasteiger partial charge in [-0.2, -0.15) is 0 Å². The van der Waals surface area contributed by atoms with Crippen LogP contribution < -0.4 is 10.6 Å². The van der Waals surface area contributed by atoms with Crippen LogP contribution in [0, 0.1) is 11.3 Å². The summed E-state index contributed by atoms with van der Waals surface area (Å²) in [6, 6.07) is 18.6. The molecule has 2 saturated heterocycles. The van der Waals surface area contributed by atoms with Crippen LogP contribution >= 0.6 is 23.2 Å². The highest BCUT2D eigenvalue weighted by molar-refractivity contribution is 7.92. The van der Waals surface area contributed by atoms with Crippen molar-refractivity contribution in [1.82, 2.24) is 20.4 Å². The maximum Gasteiger partial charge on any atom is 0.255 e. The first-order valence-corrected chi connectivity index (χ1v) is 23.4. The molecule has 5 amide bonds. The van der Waals surface area contributed by atoms with Gasteiger partial charge in [0.1, 0.15) is 6.04 Å². The van der Waals surface area contributed by atoms with Crippen molar-refractivity contribution in [3.8, 4) is 0 Å². The van der Waals surface area contributed by atoms with Crippen LogP contribution in [0.4, 0.5) is 0 Å². The summed E-state index contributed by atoms with van der Waals surface area (Å²) in [5, 5.41) is 5.83. The van der Waals surface area contributed by atoms with Crippen LogP contribution in [0.15, 0.2) is 66.7 Å². The third kappa shape index (κ3) is 9.92. The normalized spacial score (nSPS) is 22.6. The van der Waals surface area contributed by atoms with E-state index < -0.39 is 44.5 Å². The molecular formula is C46H56Cl2N4O7S. The SMILES string of the molecule is CC(C)C(CS(=O)(=O)C(C)C)N1C(=O)[C@@](C)(CC(=O)NCCCCCc2cccc3c2CN(C2CCC(=O)NC2=O)C3=O)C[C@H](c2cccc(Cl)c2)[C@H]1c1ccc(Cl)cc1. The van der Waals surface area contributed by atoms with Crippen LogP contribution in [0.3, 0.4) is 0 Å². The summed E-state index contributed by atoms with van der Waals surface area (Å²) in [6.07, 6.45) is 3.80. The van der Waals surface area contributed by atoms with E-state index in [2.05, 4.69) is 10.6 Å². The predicted octanol–water partition coefficient (Wildman–Crippen LogP) is 7.59. The van der Waals surface area contributed by atoms with Gasteiger partial charge in [0, 0.05) is 53.5 Å². The molecule has 2 fully saturated rings. The van der Waals surface area contributed by atoms with Gasteiger partial charge in [-0.3, -0.25) is 29.3 Å². The van der Waals surface area contributed by atoms with Gasteiger partial charge in [0.2, 0.25) is 23.6 Å². The first kappa shape index (κ1) is 45.3. The summed E-state index contributed by atoms with van der Waals surface area (Å²) in [7, 11) is -3.59. The fourth-order valence-electron chi connectivity index (χ4n) is 9.08. The molecule has 3 aliphatic heterocycles. The number of piperidine rings is 2. The molecule has 0 aliphatic carbocycles. The Balaban J connectivity index is 1.15. The zero-order chi connectivity index (χ0) is 43.5. The van der Waals surface area contributed by atoms with Gasteiger partial charge in [-0.25, -0.2) is 8.42 Å². The lowest BCUT2D eigenvalue weighted by molar-refractivity contribution is -0.158. The van der Waals surface area contributed by atoms with Gasteiger partial charge in [-0.15, -0.1) is 0 Å². The van der Waals surface area contributed by atoms with Gasteiger partial charge < -0.3 is 15.1 Å². The van der Waals surface area contributed by atoms with Crippen molar-refractivity contribution in [2.45, 2.75) is 122 Å². The Bertz CT molecular complexity index is 2230. The molecule has 322 valence electrons. The van der Waals surface area contributed by atoms with Crippen LogP contribution in [0.25, 0.3) is 0 Å². The average molecular weight is 880 g/mol. The Kier molecular flexibility index (Phi) is 14.2. The molecule has 60 heavy (non-hydrogen) atoms. The van der Waals surface area contributed by atoms with E-state index in [-0.39, 0.29) is 54.1 Å². The highest BCUT2D eigenvalue weighted by Crippen LogP contribution is 2.52. The lowest BCUT2D eigenvalue weighted by Crippen LogP contribution is -2.59. The van der Waals surface area contributed by atoms with Gasteiger partial charge >= 0.3 is 0 Å². The van der Waals surface area contributed by atoms with E-state index >= 15 is 4.79 Å². The van der Waals surface area contributed by atoms with Crippen LogP contribution in [-0.2, 0) is 42.0 Å². The molecule has 0 bridgehead atoms. The molecule has 0 radical (unpaired) electrons. The molecule has 3 aromatic carbocycles. The Morgan fingerprint density at radius 1 is 0.917 bits per heavy atom. The lowest BCUT2D eigenvalue weighted by atomic mass is 9.66. The molecule has 6 rings (SSSR count). The van der Waals surface area contributed by atoms with Gasteiger partial charge in [0.15, 0.2) is 9.84 Å². The fraction of sp³-hybridized carbons (Fsp3) is 0.500. The highest BCUT2D eigenvalue weighted by atomic mass is 35.5. The van der Waals surface area contributed by atoms with Crippen molar-refractivity contribution in [3.05, 3.63) is 105 Å². The molecule has 2 unspecified atom stereocenters. The number of carbonyl (C=O) groups excluding carboxylic acids is 5. The Morgan fingerprint density at radius 2 is 1.63 bits per heavy atom. The molecular weight excluding hydrogens is 823 g/mol. The number of nitrogens with zero attached hydrogens (tertiary/aromatic N) is 2. The van der Waals surface area contributed by atoms with Crippen molar-refractivity contribution < 1.29 is 32.4 Å². The van der Waals surface area contributed by atoms with Gasteiger partial charge in [0.05, 0.1) is 22.5 Å². The Hall–Kier alpha value is -4.26. The second-order valence-corrected chi connectivity index (χ2v) is 21.0. The number of rotatable bonds is 16. The number of hydrogen-bond acceptors (Lipinski definition) is 7. The van der Waals surface area contributed by atoms with Crippen molar-refractivity contribution in [1.29, 1.82) is 0 Å². The van der Waals surface area contributed by atoms with E-state index in [0.717, 1.165) is 41.5 Å². The second kappa shape index (κ2) is 18.8. The molecule has 3 aromatic rings. The van der Waals surface area contributed by atoms with Crippen molar-refractivity contribution in [2.24, 2.45) is 11.3 Å². The monoisotopic (exact) mass is 878 g/mol. The maximum atomic E-state index is 15.1. The molecule has 5 atom stereocenters. The molecule has 0 saturated carbocycles. The number of likely N-dealkylation sites (tertiary alicyclic amines) is 1. The summed E-state index contributed by atoms with van der Waals surface area (Å²) in [4.78, 5) is 69.7. The second-order valence-electron chi connectivity index (χ2n) is 17.5. The highest BCUT2D eigenvalue weighted by Gasteiger charge is 2.53. The van der Waals surface area contributed by atoms with Crippen molar-refractivity contribution >= 4 is 62.6 Å². The minimum atomic E-state index is -3.59. The molecule has 11 nitrogen and oxygen atoms in total. The third-order valence-electron chi connectivity index (χ3n) is 12.5. The van der Waals surface area contributed by atoms with Gasteiger partial charge in [-0.1, -0.05) is 86.8 Å². The summed E-state index contributed by atoms with van der Waals surface area (Å²) < 4.78 is 27.1. The van der Waals surface area contributed by atoms with Crippen molar-refractivity contribution in [3.63, 3.8) is 0 Å². The van der Waals surface area contributed by atoms with Crippen LogP contribution in [-0.4, -0.2) is 77.4 Å². The molecule has 2 N–H and O–H groups in total. The zero-order valence-electron chi connectivity index (χ0n) is 35.0. The average Bonchev–Trinajstić information content (AvgIpc) is 3.52. The van der Waals surface area contributed by atoms with Crippen LogP contribution in [0.1, 0.15) is 124 Å². The number of sulfone groups is 1. The summed E-state index contributed by atoms with van der Waals surface area (Å²) in [6.45, 7) is 9.72. The number of unbranched alkanes of at least 4 members (excludes halogenated alkanes) is 2. The summed E-state index contributed by atoms with van der Waals surface area (Å²) in [5.74, 6) is -2.25. The van der Waals surface area contributed by atoms with E-state index in [1.807, 2.05) is 63.2 Å². The number of imide groups is 1. The van der Waals surface area contributed by atoms with E-state index in [1.165, 1.54) is 0 Å². The standard InChI is InChI=1S/C46H56Cl2N4O7S/c1-28(2)39(27-60(58,59)29(3)4)52-42(31-16-18-33(47)19-17-31)36(32-13-9-14-34(48)23-32)24-46(5,45(52)57)25-41(54)49-22-8-6-7-11-30-12-10-15-35-37(30)26-51(44(35)56)38-20-21-40(53)50-43(38)55/h9-10,12-19,23,28-29,36,38-39,42H,6-8,11,20-22,24-27H2,1-5H3,(H,49,54)(H,50,53,55)/t36-,38?,39?,42-,46-/m1/s1. The van der Waals surface area contributed by atoms with E-state index in [9.17, 15) is 27.6 Å². The van der Waals surface area contributed by atoms with Gasteiger partial charge in [0.25, 0.3) is 5.91 Å². The number of halogens is 2. The third-order valence-corrected chi connectivity index (χ3v) is 15.2. The Labute approximate surface area is 363 Å². The molecule has 0 aromatic heterocycles. The number of fused-ring (bicyclic) bond motifs is 1. The summed E-state index contributed by atoms with van der Waals surface area (Å²) in [5.41, 5.74) is 3.08. The number of carbonyl (C=O) groups is 5. The van der Waals surface area contributed by atoms with E-state index in [4.69, 9.17) is 23.2 Å². The van der Waals surface area contributed by atoms with Crippen molar-refractivity contribution in [2.75, 3.05) is 12.3 Å². The first-order chi connectivity index (χ1) is 28.4. The molecule has 14 heteroatoms. The largest absolute Gasteiger partial charge is 0.356 e. The number of amides is 5.